The third kappa shape index (κ3) is 4.02. The molecule has 3 aromatic rings. The number of thioether (sulfide) groups is 1. The van der Waals surface area contributed by atoms with Crippen molar-refractivity contribution in [3.63, 3.8) is 0 Å². The highest BCUT2D eigenvalue weighted by Gasteiger charge is 2.18. The number of carbonyl (C=O) groups is 1. The second kappa shape index (κ2) is 8.27. The Morgan fingerprint density at radius 3 is 2.73 bits per heavy atom. The molecule has 1 atom stereocenters. The van der Waals surface area contributed by atoms with Gasteiger partial charge in [0.25, 0.3) is 0 Å². The van der Waals surface area contributed by atoms with Gasteiger partial charge in [-0.15, -0.1) is 0 Å². The molecule has 2 aromatic carbocycles. The maximum Gasteiger partial charge on any atom is 0.169 e. The van der Waals surface area contributed by atoms with Crippen molar-refractivity contribution in [2.45, 2.75) is 25.0 Å². The second-order valence-electron chi connectivity index (χ2n) is 5.92. The number of rotatable bonds is 8. The Hall–Kier alpha value is -2.47. The fraction of sp³-hybridized carbons (Fsp3) is 0.300. The lowest BCUT2D eigenvalue weighted by Gasteiger charge is -2.14. The van der Waals surface area contributed by atoms with Crippen LogP contribution in [0, 0.1) is 0 Å². The van der Waals surface area contributed by atoms with Crippen LogP contribution in [0.4, 0.5) is 0 Å². The molecule has 1 aromatic heterocycles. The highest BCUT2D eigenvalue weighted by molar-refractivity contribution is 7.99. The Morgan fingerprint density at radius 2 is 1.96 bits per heavy atom. The average molecular weight is 370 g/mol. The summed E-state index contributed by atoms with van der Waals surface area (Å²) in [7, 11) is 1.63. The number of Topliss-reactive ketones (excluding diaryl/α,β-unsaturated/α-hetero) is 1. The quantitative estimate of drug-likeness (QED) is 0.435. The van der Waals surface area contributed by atoms with E-state index >= 15 is 0 Å². The van der Waals surface area contributed by atoms with Crippen molar-refractivity contribution >= 4 is 28.6 Å². The minimum Gasteiger partial charge on any atom is -0.497 e. The van der Waals surface area contributed by atoms with Crippen LogP contribution < -0.4 is 9.47 Å². The van der Waals surface area contributed by atoms with Gasteiger partial charge in [0, 0.05) is 11.8 Å². The third-order valence-electron chi connectivity index (χ3n) is 4.16. The molecule has 0 saturated heterocycles. The summed E-state index contributed by atoms with van der Waals surface area (Å²) >= 11 is 1.59. The highest BCUT2D eigenvalue weighted by Crippen LogP contribution is 2.28. The molecule has 0 spiro atoms. The Balaban J connectivity index is 1.70. The molecule has 3 rings (SSSR count). The van der Waals surface area contributed by atoms with E-state index in [1.165, 1.54) is 0 Å². The van der Waals surface area contributed by atoms with Gasteiger partial charge in [0.2, 0.25) is 0 Å². The van der Waals surface area contributed by atoms with Gasteiger partial charge in [0.15, 0.2) is 10.9 Å². The first-order valence-corrected chi connectivity index (χ1v) is 9.46. The van der Waals surface area contributed by atoms with E-state index in [2.05, 4.69) is 4.98 Å². The normalized spacial score (nSPS) is 12.1. The summed E-state index contributed by atoms with van der Waals surface area (Å²) in [6, 6.07) is 15.2. The predicted molar refractivity (Wildman–Crippen MR) is 104 cm³/mol. The number of nitrogens with zero attached hydrogens (tertiary/aromatic N) is 2. The summed E-state index contributed by atoms with van der Waals surface area (Å²) in [5, 5.41) is 0.836. The first-order valence-electron chi connectivity index (χ1n) is 8.47. The lowest BCUT2D eigenvalue weighted by atomic mass is 10.2. The van der Waals surface area contributed by atoms with E-state index in [-0.39, 0.29) is 11.8 Å². The van der Waals surface area contributed by atoms with Gasteiger partial charge in [-0.05, 0) is 38.1 Å². The van der Waals surface area contributed by atoms with Crippen LogP contribution in [0.15, 0.2) is 53.7 Å². The fourth-order valence-corrected chi connectivity index (χ4v) is 3.57. The van der Waals surface area contributed by atoms with Crippen LogP contribution in [0.1, 0.15) is 19.9 Å². The zero-order chi connectivity index (χ0) is 18.5. The van der Waals surface area contributed by atoms with E-state index in [1.807, 2.05) is 60.0 Å². The molecule has 5 nitrogen and oxygen atoms in total. The van der Waals surface area contributed by atoms with Crippen LogP contribution >= 0.6 is 11.8 Å². The van der Waals surface area contributed by atoms with E-state index < -0.39 is 0 Å². The summed E-state index contributed by atoms with van der Waals surface area (Å²) in [6.45, 7) is 4.06. The fourth-order valence-electron chi connectivity index (χ4n) is 2.66. The van der Waals surface area contributed by atoms with Crippen LogP contribution in [0.3, 0.4) is 0 Å². The molecule has 0 saturated carbocycles. The Bertz CT molecular complexity index is 907. The minimum atomic E-state index is -0.246. The summed E-state index contributed by atoms with van der Waals surface area (Å²) in [6.07, 6.45) is 0. The Morgan fingerprint density at radius 1 is 1.19 bits per heavy atom. The summed E-state index contributed by atoms with van der Waals surface area (Å²) in [5.41, 5.74) is 1.88. The van der Waals surface area contributed by atoms with Crippen molar-refractivity contribution in [3.05, 3.63) is 48.5 Å². The van der Waals surface area contributed by atoms with E-state index in [9.17, 15) is 4.79 Å². The van der Waals surface area contributed by atoms with Crippen molar-refractivity contribution < 1.29 is 14.3 Å². The van der Waals surface area contributed by atoms with Crippen molar-refractivity contribution in [1.29, 1.82) is 0 Å². The molecule has 0 amide bonds. The molecule has 0 unspecified atom stereocenters. The average Bonchev–Trinajstić information content (AvgIpc) is 3.03. The van der Waals surface area contributed by atoms with E-state index in [0.29, 0.717) is 6.61 Å². The van der Waals surface area contributed by atoms with Gasteiger partial charge in [-0.25, -0.2) is 4.98 Å². The maximum absolute atomic E-state index is 11.9. The highest BCUT2D eigenvalue weighted by atomic mass is 32.2. The molecule has 0 fully saturated rings. The Kier molecular flexibility index (Phi) is 5.83. The summed E-state index contributed by atoms with van der Waals surface area (Å²) in [4.78, 5) is 16.6. The summed E-state index contributed by atoms with van der Waals surface area (Å²) in [5.74, 6) is 2.39. The topological polar surface area (TPSA) is 53.4 Å². The third-order valence-corrected chi connectivity index (χ3v) is 5.08. The predicted octanol–water partition coefficient (Wildman–Crippen LogP) is 4.37. The number of ether oxygens (including phenoxy) is 2. The molecule has 136 valence electrons. The van der Waals surface area contributed by atoms with Crippen molar-refractivity contribution in [2.24, 2.45) is 0 Å². The van der Waals surface area contributed by atoms with Crippen molar-refractivity contribution in [2.75, 3.05) is 19.5 Å². The zero-order valence-electron chi connectivity index (χ0n) is 15.1. The van der Waals surface area contributed by atoms with Crippen LogP contribution in [0.2, 0.25) is 0 Å². The number of hydrogen-bond donors (Lipinski definition) is 0. The number of fused-ring (bicyclic) bond motifs is 1. The number of carbonyl (C=O) groups excluding carboxylic acids is 1. The first-order chi connectivity index (χ1) is 12.6. The second-order valence-corrected chi connectivity index (χ2v) is 6.98. The molecular formula is C20H22N2O3S. The van der Waals surface area contributed by atoms with Gasteiger partial charge in [-0.2, -0.15) is 0 Å². The molecule has 6 heteroatoms. The van der Waals surface area contributed by atoms with Crippen molar-refractivity contribution in [3.8, 4) is 11.5 Å². The Labute approximate surface area is 157 Å². The number of benzene rings is 2. The van der Waals surface area contributed by atoms with Gasteiger partial charge in [-0.3, -0.25) is 4.79 Å². The van der Waals surface area contributed by atoms with Gasteiger partial charge >= 0.3 is 0 Å². The number of aromatic nitrogens is 2. The van der Waals surface area contributed by atoms with Gasteiger partial charge in [0.1, 0.15) is 11.5 Å². The van der Waals surface area contributed by atoms with Crippen LogP contribution in [-0.4, -0.2) is 34.8 Å². The summed E-state index contributed by atoms with van der Waals surface area (Å²) < 4.78 is 13.0. The van der Waals surface area contributed by atoms with E-state index in [1.54, 1.807) is 25.8 Å². The van der Waals surface area contributed by atoms with Gasteiger partial charge < -0.3 is 14.0 Å². The molecule has 1 heterocycles. The van der Waals surface area contributed by atoms with E-state index in [0.717, 1.165) is 33.4 Å². The van der Waals surface area contributed by atoms with Gasteiger partial charge in [-0.1, -0.05) is 30.0 Å². The molecule has 0 aliphatic rings. The molecular weight excluding hydrogens is 348 g/mol. The molecule has 0 bridgehead atoms. The minimum absolute atomic E-state index is 0.114. The van der Waals surface area contributed by atoms with Crippen LogP contribution in [0.25, 0.3) is 11.0 Å². The standard InChI is InChI=1S/C20H22N2O3S/c1-14(15(2)23)22-19-10-5-4-9-18(19)21-20(22)26-12-11-25-17-8-6-7-16(13-17)24-3/h4-10,13-14H,11-12H2,1-3H3/t14-/m0/s1. The largest absolute Gasteiger partial charge is 0.497 e. The van der Waals surface area contributed by atoms with Crippen LogP contribution in [0.5, 0.6) is 11.5 Å². The van der Waals surface area contributed by atoms with E-state index in [4.69, 9.17) is 9.47 Å². The SMILES string of the molecule is COc1cccc(OCCSc2nc3ccccc3n2[C@@H](C)C(C)=O)c1. The van der Waals surface area contributed by atoms with Crippen molar-refractivity contribution in [1.82, 2.24) is 9.55 Å². The lowest BCUT2D eigenvalue weighted by Crippen LogP contribution is -2.14. The van der Waals surface area contributed by atoms with Gasteiger partial charge in [0.05, 0.1) is 30.8 Å². The smallest absolute Gasteiger partial charge is 0.169 e. The number of hydrogen-bond acceptors (Lipinski definition) is 5. The molecule has 0 aliphatic carbocycles. The zero-order valence-corrected chi connectivity index (χ0v) is 16.0. The molecule has 0 aliphatic heterocycles. The first kappa shape index (κ1) is 18.3. The number of imidazole rings is 1. The number of methoxy groups -OCH3 is 1. The number of ketones is 1. The molecule has 0 N–H and O–H groups in total. The molecule has 0 radical (unpaired) electrons. The number of para-hydroxylation sites is 2. The maximum atomic E-state index is 11.9. The lowest BCUT2D eigenvalue weighted by molar-refractivity contribution is -0.119. The van der Waals surface area contributed by atoms with Crippen LogP contribution in [-0.2, 0) is 4.79 Å². The monoisotopic (exact) mass is 370 g/mol. The molecule has 26 heavy (non-hydrogen) atoms.